The van der Waals surface area contributed by atoms with Gasteiger partial charge in [-0.25, -0.2) is 0 Å². The number of carboxylic acid groups (broad SMARTS) is 1. The first-order chi connectivity index (χ1) is 8.45. The van der Waals surface area contributed by atoms with Crippen molar-refractivity contribution >= 4 is 11.9 Å². The molecule has 0 aliphatic carbocycles. The average molecular weight is 253 g/mol. The zero-order valence-electron chi connectivity index (χ0n) is 11.5. The molecule has 1 rings (SSSR count). The molecular formula is C14H23NO3. The molecule has 1 N–H and O–H groups in total. The van der Waals surface area contributed by atoms with Crippen LogP contribution >= 0.6 is 0 Å². The highest BCUT2D eigenvalue weighted by molar-refractivity contribution is 5.85. The predicted octanol–water partition coefficient (Wildman–Crippen LogP) is 2.45. The second-order valence-corrected chi connectivity index (χ2v) is 5.12. The molecule has 0 aromatic carbocycles. The first-order valence-electron chi connectivity index (χ1n) is 6.62. The van der Waals surface area contributed by atoms with E-state index in [1.165, 1.54) is 5.57 Å². The maximum absolute atomic E-state index is 12.2. The Labute approximate surface area is 109 Å². The van der Waals surface area contributed by atoms with Crippen molar-refractivity contribution in [2.24, 2.45) is 5.41 Å². The van der Waals surface area contributed by atoms with E-state index in [2.05, 4.69) is 6.08 Å². The molecule has 0 radical (unpaired) electrons. The van der Waals surface area contributed by atoms with E-state index in [4.69, 9.17) is 0 Å². The van der Waals surface area contributed by atoms with Crippen LogP contribution in [0.3, 0.4) is 0 Å². The quantitative estimate of drug-likeness (QED) is 0.766. The van der Waals surface area contributed by atoms with Gasteiger partial charge in [-0.2, -0.15) is 0 Å². The molecule has 1 aliphatic rings. The fourth-order valence-corrected chi connectivity index (χ4v) is 2.40. The third kappa shape index (κ3) is 3.12. The molecule has 18 heavy (non-hydrogen) atoms. The van der Waals surface area contributed by atoms with E-state index in [1.54, 1.807) is 4.90 Å². The van der Waals surface area contributed by atoms with E-state index in [-0.39, 0.29) is 12.3 Å². The van der Waals surface area contributed by atoms with E-state index in [9.17, 15) is 14.7 Å². The summed E-state index contributed by atoms with van der Waals surface area (Å²) < 4.78 is 0. The van der Waals surface area contributed by atoms with Crippen molar-refractivity contribution < 1.29 is 14.7 Å². The lowest BCUT2D eigenvalue weighted by molar-refractivity contribution is -0.154. The number of carbonyl (C=O) groups is 2. The highest BCUT2D eigenvalue weighted by Crippen LogP contribution is 2.32. The van der Waals surface area contributed by atoms with Crippen molar-refractivity contribution in [1.29, 1.82) is 0 Å². The summed E-state index contributed by atoms with van der Waals surface area (Å²) in [5.41, 5.74) is 0.287. The molecule has 0 bridgehead atoms. The van der Waals surface area contributed by atoms with Crippen LogP contribution in [0.15, 0.2) is 11.6 Å². The summed E-state index contributed by atoms with van der Waals surface area (Å²) in [4.78, 5) is 25.4. The minimum Gasteiger partial charge on any atom is -0.481 e. The first-order valence-corrected chi connectivity index (χ1v) is 6.62. The largest absolute Gasteiger partial charge is 0.481 e. The molecule has 4 nitrogen and oxygen atoms in total. The van der Waals surface area contributed by atoms with Crippen molar-refractivity contribution in [3.63, 3.8) is 0 Å². The Morgan fingerprint density at radius 2 is 2.00 bits per heavy atom. The molecule has 102 valence electrons. The normalized spacial score (nSPS) is 16.4. The van der Waals surface area contributed by atoms with Crippen LogP contribution in [0.4, 0.5) is 0 Å². The molecule has 0 atom stereocenters. The molecule has 0 fully saturated rings. The minimum atomic E-state index is -0.897. The SMILES string of the molecule is CCC(CC)(CC(=O)N1CCC=C(C)C1)C(=O)O. The molecule has 0 saturated heterocycles. The third-order valence-electron chi connectivity index (χ3n) is 3.98. The van der Waals surface area contributed by atoms with Crippen LogP contribution in [0.5, 0.6) is 0 Å². The van der Waals surface area contributed by atoms with Crippen LogP contribution in [0.1, 0.15) is 46.5 Å². The number of nitrogens with zero attached hydrogens (tertiary/aromatic N) is 1. The summed E-state index contributed by atoms with van der Waals surface area (Å²) in [6.07, 6.45) is 4.10. The van der Waals surface area contributed by atoms with Crippen molar-refractivity contribution in [2.75, 3.05) is 13.1 Å². The zero-order valence-corrected chi connectivity index (χ0v) is 11.5. The van der Waals surface area contributed by atoms with Gasteiger partial charge in [0.1, 0.15) is 0 Å². The fraction of sp³-hybridized carbons (Fsp3) is 0.714. The van der Waals surface area contributed by atoms with E-state index >= 15 is 0 Å². The summed E-state index contributed by atoms with van der Waals surface area (Å²) in [7, 11) is 0. The second-order valence-electron chi connectivity index (χ2n) is 5.12. The topological polar surface area (TPSA) is 57.6 Å². The van der Waals surface area contributed by atoms with E-state index < -0.39 is 11.4 Å². The van der Waals surface area contributed by atoms with Crippen LogP contribution in [-0.2, 0) is 9.59 Å². The smallest absolute Gasteiger partial charge is 0.310 e. The number of hydrogen-bond donors (Lipinski definition) is 1. The standard InChI is InChI=1S/C14H23NO3/c1-4-14(5-2,13(17)18)9-12(16)15-8-6-7-11(3)10-15/h7H,4-6,8-10H2,1-3H3,(H,17,18). The number of aliphatic carboxylic acids is 1. The van der Waals surface area contributed by atoms with Crippen LogP contribution in [0, 0.1) is 5.41 Å². The first kappa shape index (κ1) is 14.7. The van der Waals surface area contributed by atoms with Gasteiger partial charge < -0.3 is 10.0 Å². The third-order valence-corrected chi connectivity index (χ3v) is 3.98. The van der Waals surface area contributed by atoms with Crippen LogP contribution in [0.2, 0.25) is 0 Å². The highest BCUT2D eigenvalue weighted by atomic mass is 16.4. The van der Waals surface area contributed by atoms with Gasteiger partial charge in [-0.15, -0.1) is 0 Å². The Hall–Kier alpha value is -1.32. The fourth-order valence-electron chi connectivity index (χ4n) is 2.40. The molecule has 1 heterocycles. The maximum atomic E-state index is 12.2. The number of amides is 1. The van der Waals surface area contributed by atoms with E-state index in [0.717, 1.165) is 6.42 Å². The van der Waals surface area contributed by atoms with Crippen molar-refractivity contribution in [3.8, 4) is 0 Å². The van der Waals surface area contributed by atoms with E-state index in [1.807, 2.05) is 20.8 Å². The number of hydrogen-bond acceptors (Lipinski definition) is 2. The van der Waals surface area contributed by atoms with E-state index in [0.29, 0.717) is 25.9 Å². The maximum Gasteiger partial charge on any atom is 0.310 e. The number of carboxylic acids is 1. The second kappa shape index (κ2) is 6.03. The molecule has 0 aromatic heterocycles. The summed E-state index contributed by atoms with van der Waals surface area (Å²) in [5.74, 6) is -0.890. The van der Waals surface area contributed by atoms with Crippen molar-refractivity contribution in [3.05, 3.63) is 11.6 Å². The molecule has 0 unspecified atom stereocenters. The lowest BCUT2D eigenvalue weighted by Crippen LogP contribution is -2.41. The zero-order chi connectivity index (χ0) is 13.8. The lowest BCUT2D eigenvalue weighted by atomic mass is 9.79. The van der Waals surface area contributed by atoms with Crippen molar-refractivity contribution in [1.82, 2.24) is 4.90 Å². The Morgan fingerprint density at radius 1 is 1.39 bits per heavy atom. The molecule has 1 amide bonds. The van der Waals surface area contributed by atoms with Gasteiger partial charge >= 0.3 is 5.97 Å². The molecule has 0 spiro atoms. The summed E-state index contributed by atoms with van der Waals surface area (Å²) in [5, 5.41) is 9.34. The number of carbonyl (C=O) groups excluding carboxylic acids is 1. The van der Waals surface area contributed by atoms with Gasteiger partial charge in [0.05, 0.1) is 5.41 Å². The van der Waals surface area contributed by atoms with Gasteiger partial charge in [0, 0.05) is 19.5 Å². The van der Waals surface area contributed by atoms with Gasteiger partial charge in [-0.1, -0.05) is 25.5 Å². The van der Waals surface area contributed by atoms with Gasteiger partial charge in [0.2, 0.25) is 5.91 Å². The van der Waals surface area contributed by atoms with Crippen LogP contribution in [0.25, 0.3) is 0 Å². The minimum absolute atomic E-state index is 0.0337. The summed E-state index contributed by atoms with van der Waals surface area (Å²) in [6.45, 7) is 7.03. The highest BCUT2D eigenvalue weighted by Gasteiger charge is 2.38. The number of rotatable bonds is 5. The molecule has 0 saturated carbocycles. The van der Waals surface area contributed by atoms with Gasteiger partial charge in [-0.05, 0) is 26.2 Å². The Bertz CT molecular complexity index is 356. The molecule has 0 aromatic rings. The van der Waals surface area contributed by atoms with Gasteiger partial charge in [0.25, 0.3) is 0 Å². The molecule has 4 heteroatoms. The summed E-state index contributed by atoms with van der Waals surface area (Å²) in [6, 6.07) is 0. The van der Waals surface area contributed by atoms with Gasteiger partial charge in [-0.3, -0.25) is 9.59 Å². The van der Waals surface area contributed by atoms with Crippen LogP contribution in [-0.4, -0.2) is 35.0 Å². The van der Waals surface area contributed by atoms with Crippen molar-refractivity contribution in [2.45, 2.75) is 46.5 Å². The predicted molar refractivity (Wildman–Crippen MR) is 70.2 cm³/mol. The monoisotopic (exact) mass is 253 g/mol. The molecular weight excluding hydrogens is 230 g/mol. The average Bonchev–Trinajstić information content (AvgIpc) is 2.35. The summed E-state index contributed by atoms with van der Waals surface area (Å²) >= 11 is 0. The Kier molecular flexibility index (Phi) is 4.93. The Balaban J connectivity index is 2.73. The van der Waals surface area contributed by atoms with Gasteiger partial charge in [0.15, 0.2) is 0 Å². The van der Waals surface area contributed by atoms with Crippen LogP contribution < -0.4 is 0 Å². The molecule has 1 aliphatic heterocycles. The Morgan fingerprint density at radius 3 is 2.44 bits per heavy atom. The lowest BCUT2D eigenvalue weighted by Gasteiger charge is -2.31.